The van der Waals surface area contributed by atoms with Crippen molar-refractivity contribution in [2.45, 2.75) is 13.1 Å². The topological polar surface area (TPSA) is 38.7 Å². The summed E-state index contributed by atoms with van der Waals surface area (Å²) < 4.78 is 6.43. The highest BCUT2D eigenvalue weighted by Gasteiger charge is 2.05. The van der Waals surface area contributed by atoms with Crippen LogP contribution in [0.4, 0.5) is 0 Å². The lowest BCUT2D eigenvalue weighted by atomic mass is 10.2. The van der Waals surface area contributed by atoms with Crippen LogP contribution < -0.4 is 22.5 Å². The molecule has 2 aromatic rings. The molecule has 0 amide bonds. The molecule has 2 N–H and O–H groups in total. The zero-order valence-electron chi connectivity index (χ0n) is 10.6. The molecule has 2 rings (SSSR count). The first-order valence-electron chi connectivity index (χ1n) is 5.82. The van der Waals surface area contributed by atoms with Gasteiger partial charge in [-0.3, -0.25) is 4.98 Å². The lowest BCUT2D eigenvalue weighted by Gasteiger charge is -2.08. The number of quaternary nitrogens is 1. The van der Waals surface area contributed by atoms with Gasteiger partial charge in [0.25, 0.3) is 0 Å². The summed E-state index contributed by atoms with van der Waals surface area (Å²) in [7, 11) is 1.70. The Labute approximate surface area is 127 Å². The second kappa shape index (κ2) is 8.15. The van der Waals surface area contributed by atoms with Crippen LogP contribution in [0.5, 0.6) is 5.75 Å². The van der Waals surface area contributed by atoms with Gasteiger partial charge in [0.15, 0.2) is 0 Å². The van der Waals surface area contributed by atoms with Gasteiger partial charge in [0, 0.05) is 28.0 Å². The summed E-state index contributed by atoms with van der Waals surface area (Å²) in [6, 6.07) is 10.1. The van der Waals surface area contributed by atoms with Gasteiger partial charge in [-0.1, -0.05) is 22.0 Å². The Balaban J connectivity index is 0.00000180. The Morgan fingerprint density at radius 3 is 2.79 bits per heavy atom. The van der Waals surface area contributed by atoms with Crippen LogP contribution in [0.15, 0.2) is 47.2 Å². The molecule has 0 saturated carbocycles. The fourth-order valence-corrected chi connectivity index (χ4v) is 2.23. The van der Waals surface area contributed by atoms with E-state index in [-0.39, 0.29) is 12.4 Å². The molecule has 19 heavy (non-hydrogen) atoms. The van der Waals surface area contributed by atoms with Crippen LogP contribution in [0, 0.1) is 0 Å². The van der Waals surface area contributed by atoms with Gasteiger partial charge in [0.2, 0.25) is 0 Å². The summed E-state index contributed by atoms with van der Waals surface area (Å²) in [5.41, 5.74) is 2.42. The Bertz CT molecular complexity index is 508. The molecular formula is C14H16BrClN2O. The molecule has 0 atom stereocenters. The third-order valence-electron chi connectivity index (χ3n) is 2.71. The molecule has 0 saturated heterocycles. The standard InChI is InChI=1S/C14H15BrN2O.ClH/c1-18-14-5-4-13(15)7-12(14)10-17-9-11-3-2-6-16-8-11;/h2-8,17H,9-10H2,1H3;1H. The molecule has 5 heteroatoms. The highest BCUT2D eigenvalue weighted by molar-refractivity contribution is 9.10. The molecule has 1 aromatic heterocycles. The second-order valence-corrected chi connectivity index (χ2v) is 4.93. The minimum absolute atomic E-state index is 0. The molecule has 3 nitrogen and oxygen atoms in total. The lowest BCUT2D eigenvalue weighted by molar-refractivity contribution is -0.686. The zero-order chi connectivity index (χ0) is 12.8. The maximum Gasteiger partial charge on any atom is 0.127 e. The van der Waals surface area contributed by atoms with Crippen molar-refractivity contribution in [1.82, 2.24) is 4.98 Å². The smallest absolute Gasteiger partial charge is 0.127 e. The molecule has 0 aliphatic rings. The first-order chi connectivity index (χ1) is 8.79. The van der Waals surface area contributed by atoms with E-state index in [4.69, 9.17) is 4.74 Å². The van der Waals surface area contributed by atoms with E-state index in [9.17, 15) is 0 Å². The van der Waals surface area contributed by atoms with E-state index in [2.05, 4.69) is 38.4 Å². The number of benzene rings is 1. The number of methoxy groups -OCH3 is 1. The van der Waals surface area contributed by atoms with E-state index in [1.807, 2.05) is 24.4 Å². The Hall–Kier alpha value is -1.10. The van der Waals surface area contributed by atoms with Gasteiger partial charge in [0.05, 0.1) is 7.11 Å². The number of halogens is 2. The maximum atomic E-state index is 5.35. The van der Waals surface area contributed by atoms with Crippen molar-refractivity contribution >= 4 is 15.9 Å². The van der Waals surface area contributed by atoms with E-state index < -0.39 is 0 Å². The first-order valence-corrected chi connectivity index (χ1v) is 6.62. The van der Waals surface area contributed by atoms with Gasteiger partial charge in [-0.2, -0.15) is 0 Å². The number of aromatic nitrogens is 1. The van der Waals surface area contributed by atoms with Crippen LogP contribution in [0.1, 0.15) is 11.1 Å². The molecule has 0 radical (unpaired) electrons. The van der Waals surface area contributed by atoms with Crippen molar-refractivity contribution in [3.63, 3.8) is 0 Å². The summed E-state index contributed by atoms with van der Waals surface area (Å²) in [6.45, 7) is 1.81. The molecular weight excluding hydrogens is 328 g/mol. The largest absolute Gasteiger partial charge is 1.00 e. The van der Waals surface area contributed by atoms with Gasteiger partial charge in [0.1, 0.15) is 18.8 Å². The third kappa shape index (κ3) is 4.82. The third-order valence-corrected chi connectivity index (χ3v) is 3.20. The number of nitrogens with two attached hydrogens (primary N) is 1. The summed E-state index contributed by atoms with van der Waals surface area (Å²) >= 11 is 3.48. The van der Waals surface area contributed by atoms with Gasteiger partial charge in [-0.25, -0.2) is 0 Å². The minimum atomic E-state index is 0. The molecule has 0 spiro atoms. The molecule has 0 unspecified atom stereocenters. The number of ether oxygens (including phenoxy) is 1. The van der Waals surface area contributed by atoms with Gasteiger partial charge in [-0.15, -0.1) is 0 Å². The molecule has 0 aliphatic heterocycles. The van der Waals surface area contributed by atoms with Crippen LogP contribution in [-0.2, 0) is 13.1 Å². The SMILES string of the molecule is COc1ccc(Br)cc1C[NH2+]Cc1cccnc1.[Cl-]. The Morgan fingerprint density at radius 2 is 2.11 bits per heavy atom. The van der Waals surface area contributed by atoms with E-state index in [0.29, 0.717) is 0 Å². The lowest BCUT2D eigenvalue weighted by Crippen LogP contribution is -3.00. The number of hydrogen-bond donors (Lipinski definition) is 1. The number of pyridine rings is 1. The van der Waals surface area contributed by atoms with Crippen molar-refractivity contribution < 1.29 is 22.5 Å². The van der Waals surface area contributed by atoms with Crippen LogP contribution >= 0.6 is 15.9 Å². The second-order valence-electron chi connectivity index (χ2n) is 4.01. The van der Waals surface area contributed by atoms with Gasteiger partial charge < -0.3 is 22.5 Å². The molecule has 1 heterocycles. The van der Waals surface area contributed by atoms with E-state index in [0.717, 1.165) is 23.3 Å². The number of nitrogens with zero attached hydrogens (tertiary/aromatic N) is 1. The Kier molecular flexibility index (Phi) is 6.84. The van der Waals surface area contributed by atoms with E-state index in [1.54, 1.807) is 13.3 Å². The summed E-state index contributed by atoms with van der Waals surface area (Å²) in [4.78, 5) is 4.11. The highest BCUT2D eigenvalue weighted by atomic mass is 79.9. The summed E-state index contributed by atoms with van der Waals surface area (Å²) in [5, 5.41) is 2.24. The van der Waals surface area contributed by atoms with Crippen molar-refractivity contribution in [3.05, 3.63) is 58.3 Å². The van der Waals surface area contributed by atoms with E-state index in [1.165, 1.54) is 11.1 Å². The van der Waals surface area contributed by atoms with Crippen molar-refractivity contribution in [2.24, 2.45) is 0 Å². The number of rotatable bonds is 5. The predicted octanol–water partition coefficient (Wildman–Crippen LogP) is -0.880. The quantitative estimate of drug-likeness (QED) is 0.766. The molecule has 102 valence electrons. The maximum absolute atomic E-state index is 5.35. The highest BCUT2D eigenvalue weighted by Crippen LogP contribution is 2.21. The fraction of sp³-hybridized carbons (Fsp3) is 0.214. The predicted molar refractivity (Wildman–Crippen MR) is 74.3 cm³/mol. The van der Waals surface area contributed by atoms with Crippen LogP contribution in [-0.4, -0.2) is 12.1 Å². The zero-order valence-corrected chi connectivity index (χ0v) is 13.0. The van der Waals surface area contributed by atoms with Crippen molar-refractivity contribution in [1.29, 1.82) is 0 Å². The van der Waals surface area contributed by atoms with Crippen molar-refractivity contribution in [3.8, 4) is 5.75 Å². The van der Waals surface area contributed by atoms with Gasteiger partial charge >= 0.3 is 0 Å². The summed E-state index contributed by atoms with van der Waals surface area (Å²) in [6.07, 6.45) is 3.69. The normalized spacial score (nSPS) is 9.79. The van der Waals surface area contributed by atoms with Crippen molar-refractivity contribution in [2.75, 3.05) is 7.11 Å². The fourth-order valence-electron chi connectivity index (χ4n) is 1.82. The molecule has 0 bridgehead atoms. The van der Waals surface area contributed by atoms with Crippen LogP contribution in [0.2, 0.25) is 0 Å². The van der Waals surface area contributed by atoms with Crippen LogP contribution in [0.25, 0.3) is 0 Å². The molecule has 0 fully saturated rings. The van der Waals surface area contributed by atoms with Gasteiger partial charge in [-0.05, 0) is 24.3 Å². The molecule has 0 aliphatic carbocycles. The Morgan fingerprint density at radius 1 is 1.26 bits per heavy atom. The monoisotopic (exact) mass is 342 g/mol. The minimum Gasteiger partial charge on any atom is -1.00 e. The number of hydrogen-bond acceptors (Lipinski definition) is 2. The summed E-state index contributed by atoms with van der Waals surface area (Å²) in [5.74, 6) is 0.931. The van der Waals surface area contributed by atoms with E-state index >= 15 is 0 Å². The average Bonchev–Trinajstić information content (AvgIpc) is 2.40. The molecule has 1 aromatic carbocycles. The van der Waals surface area contributed by atoms with Crippen LogP contribution in [0.3, 0.4) is 0 Å². The first kappa shape index (κ1) is 16.0. The average molecular weight is 344 g/mol.